The number of anilines is 3. The van der Waals surface area contributed by atoms with Gasteiger partial charge in [0.25, 0.3) is 0 Å². The molecular weight excluding hydrogens is 282 g/mol. The number of aldehydes is 1. The van der Waals surface area contributed by atoms with Crippen LogP contribution < -0.4 is 4.90 Å². The third-order valence-corrected chi connectivity index (χ3v) is 3.85. The molecule has 0 aliphatic carbocycles. The molecular formula is C21H19NO. The molecule has 0 saturated heterocycles. The molecule has 0 aliphatic heterocycles. The number of aryl methyl sites for hydroxylation is 2. The number of nitrogens with zero attached hydrogens (tertiary/aromatic N) is 1. The molecule has 2 nitrogen and oxygen atoms in total. The Hall–Kier alpha value is -2.87. The molecule has 0 fully saturated rings. The van der Waals surface area contributed by atoms with Gasteiger partial charge >= 0.3 is 0 Å². The average Bonchev–Trinajstić information content (AvgIpc) is 2.59. The van der Waals surface area contributed by atoms with Gasteiger partial charge in [0.15, 0.2) is 0 Å². The predicted molar refractivity (Wildman–Crippen MR) is 96.0 cm³/mol. The number of carbonyl (C=O) groups excluding carboxylic acids is 1. The van der Waals surface area contributed by atoms with Crippen molar-refractivity contribution in [3.8, 4) is 0 Å². The van der Waals surface area contributed by atoms with Crippen molar-refractivity contribution >= 4 is 23.3 Å². The van der Waals surface area contributed by atoms with Gasteiger partial charge in [-0.1, -0.05) is 47.5 Å². The van der Waals surface area contributed by atoms with Gasteiger partial charge < -0.3 is 4.90 Å². The molecule has 0 bridgehead atoms. The van der Waals surface area contributed by atoms with Crippen LogP contribution in [0.4, 0.5) is 17.1 Å². The summed E-state index contributed by atoms with van der Waals surface area (Å²) in [6.45, 7) is 4.15. The van der Waals surface area contributed by atoms with Gasteiger partial charge in [-0.15, -0.1) is 0 Å². The van der Waals surface area contributed by atoms with Crippen molar-refractivity contribution in [1.82, 2.24) is 0 Å². The van der Waals surface area contributed by atoms with E-state index in [0.29, 0.717) is 5.56 Å². The fourth-order valence-corrected chi connectivity index (χ4v) is 2.57. The summed E-state index contributed by atoms with van der Waals surface area (Å²) in [6.07, 6.45) is 0.881. The molecule has 3 rings (SSSR count). The molecule has 0 atom stereocenters. The van der Waals surface area contributed by atoms with Crippen molar-refractivity contribution < 1.29 is 4.79 Å². The zero-order valence-electron chi connectivity index (χ0n) is 13.4. The minimum absolute atomic E-state index is 0.673. The Morgan fingerprint density at radius 2 is 1.22 bits per heavy atom. The Morgan fingerprint density at radius 3 is 1.70 bits per heavy atom. The Bertz CT molecular complexity index is 759. The van der Waals surface area contributed by atoms with Gasteiger partial charge in [0.05, 0.1) is 0 Å². The lowest BCUT2D eigenvalue weighted by molar-refractivity contribution is 0.112. The van der Waals surface area contributed by atoms with Crippen LogP contribution in [-0.2, 0) is 0 Å². The van der Waals surface area contributed by atoms with E-state index in [1.54, 1.807) is 0 Å². The monoisotopic (exact) mass is 301 g/mol. The molecule has 0 saturated carbocycles. The summed E-state index contributed by atoms with van der Waals surface area (Å²) >= 11 is 0. The summed E-state index contributed by atoms with van der Waals surface area (Å²) in [7, 11) is 0. The van der Waals surface area contributed by atoms with E-state index in [4.69, 9.17) is 0 Å². The lowest BCUT2D eigenvalue weighted by atomic mass is 10.1. The molecule has 23 heavy (non-hydrogen) atoms. The van der Waals surface area contributed by atoms with Gasteiger partial charge in [-0.2, -0.15) is 0 Å². The molecule has 2 heteroatoms. The highest BCUT2D eigenvalue weighted by atomic mass is 16.1. The third kappa shape index (κ3) is 3.32. The molecule has 0 unspecified atom stereocenters. The SMILES string of the molecule is Cc1ccc(N(c2ccc(C)cc2)c2cccc(C=O)c2)cc1. The van der Waals surface area contributed by atoms with Crippen LogP contribution in [0.3, 0.4) is 0 Å². The summed E-state index contributed by atoms with van der Waals surface area (Å²) in [5.74, 6) is 0. The van der Waals surface area contributed by atoms with Gasteiger partial charge in [0.2, 0.25) is 0 Å². The van der Waals surface area contributed by atoms with E-state index in [1.807, 2.05) is 24.3 Å². The second kappa shape index (κ2) is 6.49. The lowest BCUT2D eigenvalue weighted by Crippen LogP contribution is -2.10. The summed E-state index contributed by atoms with van der Waals surface area (Å²) in [5.41, 5.74) is 6.23. The number of carbonyl (C=O) groups is 1. The molecule has 0 heterocycles. The Balaban J connectivity index is 2.14. The smallest absolute Gasteiger partial charge is 0.150 e. The minimum atomic E-state index is 0.673. The predicted octanol–water partition coefficient (Wildman–Crippen LogP) is 5.59. The van der Waals surface area contributed by atoms with E-state index in [-0.39, 0.29) is 0 Å². The maximum Gasteiger partial charge on any atom is 0.150 e. The van der Waals surface area contributed by atoms with Crippen molar-refractivity contribution in [2.24, 2.45) is 0 Å². The minimum Gasteiger partial charge on any atom is -0.310 e. The molecule has 3 aromatic rings. The van der Waals surface area contributed by atoms with E-state index >= 15 is 0 Å². The second-order valence-electron chi connectivity index (χ2n) is 5.72. The zero-order chi connectivity index (χ0) is 16.2. The number of rotatable bonds is 4. The first-order valence-corrected chi connectivity index (χ1v) is 7.66. The summed E-state index contributed by atoms with van der Waals surface area (Å²) in [4.78, 5) is 13.3. The first-order chi connectivity index (χ1) is 11.2. The zero-order valence-corrected chi connectivity index (χ0v) is 13.4. The van der Waals surface area contributed by atoms with Crippen LogP contribution in [0.25, 0.3) is 0 Å². The van der Waals surface area contributed by atoms with E-state index in [0.717, 1.165) is 23.3 Å². The first kappa shape index (κ1) is 15.0. The van der Waals surface area contributed by atoms with Crippen LogP contribution >= 0.6 is 0 Å². The molecule has 0 aromatic heterocycles. The topological polar surface area (TPSA) is 20.3 Å². The largest absolute Gasteiger partial charge is 0.310 e. The Labute approximate surface area is 137 Å². The van der Waals surface area contributed by atoms with Crippen LogP contribution in [0.15, 0.2) is 72.8 Å². The summed E-state index contributed by atoms with van der Waals surface area (Å²) in [6, 6.07) is 24.4. The fourth-order valence-electron chi connectivity index (χ4n) is 2.57. The third-order valence-electron chi connectivity index (χ3n) is 3.85. The molecule has 0 amide bonds. The molecule has 0 N–H and O–H groups in total. The van der Waals surface area contributed by atoms with Crippen molar-refractivity contribution in [2.45, 2.75) is 13.8 Å². The normalized spacial score (nSPS) is 10.3. The van der Waals surface area contributed by atoms with E-state index in [1.165, 1.54) is 11.1 Å². The summed E-state index contributed by atoms with van der Waals surface area (Å²) < 4.78 is 0. The average molecular weight is 301 g/mol. The van der Waals surface area contributed by atoms with E-state index in [9.17, 15) is 4.79 Å². The van der Waals surface area contributed by atoms with Crippen molar-refractivity contribution in [2.75, 3.05) is 4.90 Å². The highest BCUT2D eigenvalue weighted by Gasteiger charge is 2.12. The number of benzene rings is 3. The van der Waals surface area contributed by atoms with Crippen molar-refractivity contribution in [3.63, 3.8) is 0 Å². The molecule has 3 aromatic carbocycles. The standard InChI is InChI=1S/C21H19NO/c1-16-6-10-19(11-7-16)22(20-12-8-17(2)9-13-20)21-5-3-4-18(14-21)15-23/h3-15H,1-2H3. The van der Waals surface area contributed by atoms with Crippen LogP contribution in [0, 0.1) is 13.8 Å². The Kier molecular flexibility index (Phi) is 4.24. The van der Waals surface area contributed by atoms with Gasteiger partial charge in [0, 0.05) is 22.6 Å². The van der Waals surface area contributed by atoms with Gasteiger partial charge in [-0.25, -0.2) is 0 Å². The Morgan fingerprint density at radius 1 is 0.696 bits per heavy atom. The van der Waals surface area contributed by atoms with E-state index in [2.05, 4.69) is 67.3 Å². The fraction of sp³-hybridized carbons (Fsp3) is 0.0952. The number of hydrogen-bond acceptors (Lipinski definition) is 2. The maximum atomic E-state index is 11.1. The first-order valence-electron chi connectivity index (χ1n) is 7.66. The van der Waals surface area contributed by atoms with Crippen LogP contribution in [0.2, 0.25) is 0 Å². The maximum absolute atomic E-state index is 11.1. The molecule has 114 valence electrons. The highest BCUT2D eigenvalue weighted by molar-refractivity contribution is 5.82. The molecule has 0 spiro atoms. The van der Waals surface area contributed by atoms with Crippen LogP contribution in [0.1, 0.15) is 21.5 Å². The summed E-state index contributed by atoms with van der Waals surface area (Å²) in [5, 5.41) is 0. The highest BCUT2D eigenvalue weighted by Crippen LogP contribution is 2.34. The van der Waals surface area contributed by atoms with Gasteiger partial charge in [0.1, 0.15) is 6.29 Å². The lowest BCUT2D eigenvalue weighted by Gasteiger charge is -2.26. The van der Waals surface area contributed by atoms with Crippen molar-refractivity contribution in [1.29, 1.82) is 0 Å². The van der Waals surface area contributed by atoms with Crippen LogP contribution in [-0.4, -0.2) is 6.29 Å². The quantitative estimate of drug-likeness (QED) is 0.586. The van der Waals surface area contributed by atoms with Gasteiger partial charge in [-0.05, 0) is 50.2 Å². The molecule has 0 aliphatic rings. The second-order valence-corrected chi connectivity index (χ2v) is 5.72. The number of hydrogen-bond donors (Lipinski definition) is 0. The van der Waals surface area contributed by atoms with Crippen molar-refractivity contribution in [3.05, 3.63) is 89.5 Å². The van der Waals surface area contributed by atoms with Gasteiger partial charge in [-0.3, -0.25) is 4.79 Å². The molecule has 0 radical (unpaired) electrons. The van der Waals surface area contributed by atoms with Crippen LogP contribution in [0.5, 0.6) is 0 Å². The van der Waals surface area contributed by atoms with E-state index < -0.39 is 0 Å².